The smallest absolute Gasteiger partial charge is 0.242 e. The third-order valence-corrected chi connectivity index (χ3v) is 2.43. The summed E-state index contributed by atoms with van der Waals surface area (Å²) in [5.41, 5.74) is 5.58. The van der Waals surface area contributed by atoms with E-state index in [1.807, 2.05) is 20.8 Å². The first-order valence-electron chi connectivity index (χ1n) is 6.13. The molecule has 4 N–H and O–H groups in total. The van der Waals surface area contributed by atoms with E-state index < -0.39 is 6.04 Å². The van der Waals surface area contributed by atoms with Gasteiger partial charge in [-0.05, 0) is 25.7 Å². The fourth-order valence-corrected chi connectivity index (χ4v) is 1.50. The van der Waals surface area contributed by atoms with Crippen molar-refractivity contribution in [3.05, 3.63) is 0 Å². The zero-order chi connectivity index (χ0) is 13.4. The van der Waals surface area contributed by atoms with Gasteiger partial charge in [-0.25, -0.2) is 0 Å². The lowest BCUT2D eigenvalue weighted by molar-refractivity contribution is -0.129. The van der Waals surface area contributed by atoms with Crippen LogP contribution in [0.5, 0.6) is 0 Å². The lowest BCUT2D eigenvalue weighted by Gasteiger charge is -2.19. The first kappa shape index (κ1) is 15.9. The van der Waals surface area contributed by atoms with Crippen LogP contribution >= 0.6 is 0 Å². The summed E-state index contributed by atoms with van der Waals surface area (Å²) in [6.07, 6.45) is 1.64. The molecule has 2 amide bonds. The lowest BCUT2D eigenvalue weighted by atomic mass is 10.0. The summed E-state index contributed by atoms with van der Waals surface area (Å²) in [4.78, 5) is 23.2. The van der Waals surface area contributed by atoms with Crippen molar-refractivity contribution >= 4 is 11.8 Å². The second kappa shape index (κ2) is 8.06. The number of hydrogen-bond acceptors (Lipinski definition) is 3. The summed E-state index contributed by atoms with van der Waals surface area (Å²) in [5, 5.41) is 5.31. The highest BCUT2D eigenvalue weighted by molar-refractivity contribution is 5.87. The molecule has 2 atom stereocenters. The molecule has 5 heteroatoms. The van der Waals surface area contributed by atoms with Crippen LogP contribution in [0.2, 0.25) is 0 Å². The Morgan fingerprint density at radius 3 is 2.24 bits per heavy atom. The van der Waals surface area contributed by atoms with Crippen LogP contribution in [0.3, 0.4) is 0 Å². The minimum Gasteiger partial charge on any atom is -0.357 e. The van der Waals surface area contributed by atoms with Crippen molar-refractivity contribution in [1.82, 2.24) is 10.6 Å². The first-order valence-corrected chi connectivity index (χ1v) is 6.13. The molecule has 0 aliphatic rings. The molecule has 0 rings (SSSR count). The van der Waals surface area contributed by atoms with Crippen molar-refractivity contribution in [3.63, 3.8) is 0 Å². The summed E-state index contributed by atoms with van der Waals surface area (Å²) in [6.45, 7) is 5.89. The molecule has 0 aliphatic carbocycles. The molecule has 0 aliphatic heterocycles. The van der Waals surface area contributed by atoms with Crippen LogP contribution in [0.25, 0.3) is 0 Å². The van der Waals surface area contributed by atoms with E-state index in [9.17, 15) is 9.59 Å². The van der Waals surface area contributed by atoms with Gasteiger partial charge in [0.05, 0.1) is 0 Å². The van der Waals surface area contributed by atoms with Gasteiger partial charge in [0.25, 0.3) is 0 Å². The number of amides is 2. The van der Waals surface area contributed by atoms with E-state index in [-0.39, 0.29) is 17.9 Å². The van der Waals surface area contributed by atoms with E-state index in [0.717, 1.165) is 0 Å². The maximum Gasteiger partial charge on any atom is 0.242 e. The van der Waals surface area contributed by atoms with Crippen LogP contribution < -0.4 is 16.4 Å². The number of carbonyl (C=O) groups is 2. The third-order valence-electron chi connectivity index (χ3n) is 2.43. The molecule has 0 radical (unpaired) electrons. The Hall–Kier alpha value is -1.10. The molecule has 0 aromatic heterocycles. The Labute approximate surface area is 104 Å². The number of carbonyl (C=O) groups excluding carboxylic acids is 2. The number of nitrogens with one attached hydrogen (secondary N) is 2. The van der Waals surface area contributed by atoms with Crippen LogP contribution in [0.15, 0.2) is 0 Å². The number of nitrogens with two attached hydrogens (primary N) is 1. The van der Waals surface area contributed by atoms with E-state index >= 15 is 0 Å². The summed E-state index contributed by atoms with van der Waals surface area (Å²) < 4.78 is 0. The summed E-state index contributed by atoms with van der Waals surface area (Å²) in [7, 11) is 1.57. The molecule has 0 fully saturated rings. The molecule has 0 bridgehead atoms. The third kappa shape index (κ3) is 7.74. The topological polar surface area (TPSA) is 84.2 Å². The molecule has 0 saturated carbocycles. The quantitative estimate of drug-likeness (QED) is 0.605. The number of rotatable bonds is 7. The number of hydrogen-bond donors (Lipinski definition) is 3. The summed E-state index contributed by atoms with van der Waals surface area (Å²) >= 11 is 0. The Kier molecular flexibility index (Phi) is 7.54. The van der Waals surface area contributed by atoms with E-state index in [1.54, 1.807) is 7.05 Å². The average molecular weight is 243 g/mol. The largest absolute Gasteiger partial charge is 0.357 e. The molecule has 5 nitrogen and oxygen atoms in total. The average Bonchev–Trinajstić information content (AvgIpc) is 2.23. The van der Waals surface area contributed by atoms with Crippen LogP contribution in [0, 0.1) is 5.92 Å². The molecule has 0 saturated heterocycles. The highest BCUT2D eigenvalue weighted by Crippen LogP contribution is 2.05. The zero-order valence-corrected chi connectivity index (χ0v) is 11.2. The molecular weight excluding hydrogens is 218 g/mol. The fraction of sp³-hybridized carbons (Fsp3) is 0.833. The summed E-state index contributed by atoms with van der Waals surface area (Å²) in [5.74, 6) is 0.0930. The Bertz CT molecular complexity index is 252. The first-order chi connectivity index (χ1) is 7.86. The monoisotopic (exact) mass is 243 g/mol. The predicted molar refractivity (Wildman–Crippen MR) is 68.3 cm³/mol. The van der Waals surface area contributed by atoms with Gasteiger partial charge >= 0.3 is 0 Å². The highest BCUT2D eigenvalue weighted by atomic mass is 16.2. The predicted octanol–water partition coefficient (Wildman–Crippen LogP) is 0.391. The van der Waals surface area contributed by atoms with Crippen LogP contribution in [-0.2, 0) is 9.59 Å². The normalized spacial score (nSPS) is 14.2. The highest BCUT2D eigenvalue weighted by Gasteiger charge is 2.20. The fourth-order valence-electron chi connectivity index (χ4n) is 1.50. The van der Waals surface area contributed by atoms with Gasteiger partial charge in [-0.1, -0.05) is 13.8 Å². The second-order valence-corrected chi connectivity index (χ2v) is 4.88. The minimum absolute atomic E-state index is 0.00398. The number of likely N-dealkylation sites (N-methyl/N-ethyl adjacent to an activating group) is 1. The molecule has 0 heterocycles. The van der Waals surface area contributed by atoms with Crippen molar-refractivity contribution in [2.75, 3.05) is 7.05 Å². The van der Waals surface area contributed by atoms with E-state index in [4.69, 9.17) is 5.73 Å². The molecule has 17 heavy (non-hydrogen) atoms. The van der Waals surface area contributed by atoms with Gasteiger partial charge in [-0.2, -0.15) is 0 Å². The van der Waals surface area contributed by atoms with Crippen molar-refractivity contribution in [2.24, 2.45) is 11.7 Å². The van der Waals surface area contributed by atoms with Gasteiger partial charge in [0.15, 0.2) is 0 Å². The lowest BCUT2D eigenvalue weighted by Crippen LogP contribution is -2.46. The van der Waals surface area contributed by atoms with Crippen molar-refractivity contribution < 1.29 is 9.59 Å². The minimum atomic E-state index is -0.444. The molecule has 2 unspecified atom stereocenters. The van der Waals surface area contributed by atoms with Gasteiger partial charge in [-0.15, -0.1) is 0 Å². The second-order valence-electron chi connectivity index (χ2n) is 4.88. The van der Waals surface area contributed by atoms with Gasteiger partial charge in [0, 0.05) is 19.5 Å². The zero-order valence-electron chi connectivity index (χ0n) is 11.2. The maximum atomic E-state index is 11.6. The van der Waals surface area contributed by atoms with Gasteiger partial charge in [0.2, 0.25) is 11.8 Å². The van der Waals surface area contributed by atoms with Crippen molar-refractivity contribution in [2.45, 2.75) is 52.1 Å². The molecular formula is C12H25N3O2. The summed E-state index contributed by atoms with van der Waals surface area (Å²) in [6, 6.07) is -0.440. The van der Waals surface area contributed by atoms with Gasteiger partial charge in [0.1, 0.15) is 6.04 Å². The van der Waals surface area contributed by atoms with Crippen molar-refractivity contribution in [3.8, 4) is 0 Å². The van der Waals surface area contributed by atoms with Crippen molar-refractivity contribution in [1.29, 1.82) is 0 Å². The molecule has 100 valence electrons. The van der Waals surface area contributed by atoms with Crippen LogP contribution in [0.4, 0.5) is 0 Å². The maximum absolute atomic E-state index is 11.6. The van der Waals surface area contributed by atoms with E-state index in [2.05, 4.69) is 10.6 Å². The van der Waals surface area contributed by atoms with Gasteiger partial charge < -0.3 is 16.4 Å². The van der Waals surface area contributed by atoms with Crippen LogP contribution in [-0.4, -0.2) is 30.9 Å². The Balaban J connectivity index is 4.22. The van der Waals surface area contributed by atoms with E-state index in [1.165, 1.54) is 0 Å². The molecule has 0 aromatic rings. The SMILES string of the molecule is CNC(=O)C(CC(C)C)NC(=O)CCC(C)N. The molecule has 0 aromatic carbocycles. The van der Waals surface area contributed by atoms with Gasteiger partial charge in [-0.3, -0.25) is 9.59 Å². The molecule has 0 spiro atoms. The standard InChI is InChI=1S/C12H25N3O2/c1-8(2)7-10(12(17)14-4)15-11(16)6-5-9(3)13/h8-10H,5-7,13H2,1-4H3,(H,14,17)(H,15,16). The van der Waals surface area contributed by atoms with E-state index in [0.29, 0.717) is 25.2 Å². The van der Waals surface area contributed by atoms with Crippen LogP contribution in [0.1, 0.15) is 40.0 Å². The Morgan fingerprint density at radius 2 is 1.82 bits per heavy atom. The Morgan fingerprint density at radius 1 is 1.24 bits per heavy atom.